The molecule has 1 aromatic rings. The molecule has 0 atom stereocenters. The Morgan fingerprint density at radius 2 is 2.15 bits per heavy atom. The van der Waals surface area contributed by atoms with Crippen molar-refractivity contribution in [2.24, 2.45) is 17.1 Å². The lowest BCUT2D eigenvalue weighted by molar-refractivity contribution is -0.127. The van der Waals surface area contributed by atoms with Crippen molar-refractivity contribution in [3.05, 3.63) is 29.0 Å². The molecule has 2 rings (SSSR count). The highest BCUT2D eigenvalue weighted by Crippen LogP contribution is 2.39. The molecule has 1 aromatic carbocycles. The van der Waals surface area contributed by atoms with E-state index in [0.717, 1.165) is 25.7 Å². The number of carbonyl (C=O) groups is 1. The summed E-state index contributed by atoms with van der Waals surface area (Å²) < 4.78 is 13.2. The van der Waals surface area contributed by atoms with Crippen LogP contribution in [0.15, 0.2) is 18.2 Å². The molecule has 3 N–H and O–H groups in total. The van der Waals surface area contributed by atoms with Crippen molar-refractivity contribution in [1.29, 1.82) is 0 Å². The van der Waals surface area contributed by atoms with Gasteiger partial charge in [-0.2, -0.15) is 0 Å². The Balaban J connectivity index is 2.15. The van der Waals surface area contributed by atoms with E-state index in [-0.39, 0.29) is 5.91 Å². The zero-order valence-electron chi connectivity index (χ0n) is 11.6. The van der Waals surface area contributed by atoms with Crippen LogP contribution in [-0.4, -0.2) is 12.5 Å². The molecule has 1 saturated carbocycles. The molecule has 5 heteroatoms. The Morgan fingerprint density at radius 3 is 2.75 bits per heavy atom. The van der Waals surface area contributed by atoms with Gasteiger partial charge in [0.15, 0.2) is 0 Å². The minimum Gasteiger partial charge on any atom is -0.329 e. The number of rotatable bonds is 3. The highest BCUT2D eigenvalue weighted by Gasteiger charge is 2.40. The summed E-state index contributed by atoms with van der Waals surface area (Å²) in [5.74, 6) is 0.0448. The van der Waals surface area contributed by atoms with Crippen LogP contribution < -0.4 is 11.1 Å². The van der Waals surface area contributed by atoms with Gasteiger partial charge in [0.2, 0.25) is 5.91 Å². The molecule has 0 spiro atoms. The molecule has 3 nitrogen and oxygen atoms in total. The Bertz CT molecular complexity index is 499. The molecule has 1 amide bonds. The normalized spacial score (nSPS) is 26.3. The third-order valence-electron chi connectivity index (χ3n) is 4.28. The summed E-state index contributed by atoms with van der Waals surface area (Å²) in [6.45, 7) is 2.49. The summed E-state index contributed by atoms with van der Waals surface area (Å²) in [5, 5.41) is 3.07. The number of hydrogen-bond donors (Lipinski definition) is 2. The van der Waals surface area contributed by atoms with E-state index in [9.17, 15) is 9.18 Å². The number of nitrogens with one attached hydrogen (secondary N) is 1. The van der Waals surface area contributed by atoms with E-state index >= 15 is 0 Å². The predicted octanol–water partition coefficient (Wildman–Crippen LogP) is 3.57. The van der Waals surface area contributed by atoms with Gasteiger partial charge in [0.25, 0.3) is 0 Å². The number of nitrogens with two attached hydrogens (primary N) is 1. The summed E-state index contributed by atoms with van der Waals surface area (Å²) in [7, 11) is 0. The van der Waals surface area contributed by atoms with Gasteiger partial charge in [-0.1, -0.05) is 18.5 Å². The molecular formula is C15H20ClFN2O. The second-order valence-electron chi connectivity index (χ2n) is 5.75. The van der Waals surface area contributed by atoms with Crippen molar-refractivity contribution in [3.63, 3.8) is 0 Å². The van der Waals surface area contributed by atoms with Crippen LogP contribution in [0.4, 0.5) is 10.1 Å². The monoisotopic (exact) mass is 298 g/mol. The van der Waals surface area contributed by atoms with Gasteiger partial charge in [-0.25, -0.2) is 4.39 Å². The van der Waals surface area contributed by atoms with E-state index in [1.165, 1.54) is 18.2 Å². The van der Waals surface area contributed by atoms with E-state index in [2.05, 4.69) is 12.2 Å². The lowest BCUT2D eigenvalue weighted by Crippen LogP contribution is -2.44. The van der Waals surface area contributed by atoms with Gasteiger partial charge < -0.3 is 11.1 Å². The topological polar surface area (TPSA) is 55.1 Å². The van der Waals surface area contributed by atoms with Crippen molar-refractivity contribution < 1.29 is 9.18 Å². The van der Waals surface area contributed by atoms with Gasteiger partial charge in [0, 0.05) is 6.54 Å². The molecule has 0 heterocycles. The molecule has 1 fully saturated rings. The van der Waals surface area contributed by atoms with Crippen LogP contribution in [-0.2, 0) is 4.79 Å². The first kappa shape index (κ1) is 15.3. The number of anilines is 1. The smallest absolute Gasteiger partial charge is 0.231 e. The van der Waals surface area contributed by atoms with Crippen molar-refractivity contribution in [1.82, 2.24) is 0 Å². The van der Waals surface area contributed by atoms with Crippen LogP contribution in [0, 0.1) is 17.2 Å². The average Bonchev–Trinajstić information content (AvgIpc) is 2.44. The van der Waals surface area contributed by atoms with Crippen LogP contribution in [0.3, 0.4) is 0 Å². The molecular weight excluding hydrogens is 279 g/mol. The number of carbonyl (C=O) groups excluding carboxylic acids is 1. The van der Waals surface area contributed by atoms with Crippen LogP contribution in [0.25, 0.3) is 0 Å². The fourth-order valence-electron chi connectivity index (χ4n) is 2.69. The first-order valence-electron chi connectivity index (χ1n) is 6.93. The molecule has 110 valence electrons. The Labute approximate surface area is 123 Å². The first-order chi connectivity index (χ1) is 9.47. The van der Waals surface area contributed by atoms with Crippen molar-refractivity contribution in [2.45, 2.75) is 32.6 Å². The minimum atomic E-state index is -0.553. The third kappa shape index (κ3) is 3.13. The van der Waals surface area contributed by atoms with Crippen LogP contribution >= 0.6 is 11.6 Å². The van der Waals surface area contributed by atoms with Gasteiger partial charge >= 0.3 is 0 Å². The van der Waals surface area contributed by atoms with Gasteiger partial charge in [0.05, 0.1) is 16.1 Å². The number of halogens is 2. The van der Waals surface area contributed by atoms with Crippen LogP contribution in [0.1, 0.15) is 32.6 Å². The molecule has 0 unspecified atom stereocenters. The molecule has 0 aromatic heterocycles. The van der Waals surface area contributed by atoms with E-state index < -0.39 is 11.2 Å². The largest absolute Gasteiger partial charge is 0.329 e. The summed E-state index contributed by atoms with van der Waals surface area (Å²) in [5.41, 5.74) is 5.59. The fourth-order valence-corrected chi connectivity index (χ4v) is 2.85. The number of hydrogen-bond acceptors (Lipinski definition) is 2. The van der Waals surface area contributed by atoms with E-state index in [4.69, 9.17) is 17.3 Å². The predicted molar refractivity (Wildman–Crippen MR) is 79.2 cm³/mol. The average molecular weight is 299 g/mol. The molecule has 0 bridgehead atoms. The summed E-state index contributed by atoms with van der Waals surface area (Å²) in [4.78, 5) is 12.5. The van der Waals surface area contributed by atoms with Gasteiger partial charge in [-0.05, 0) is 49.8 Å². The maximum Gasteiger partial charge on any atom is 0.231 e. The van der Waals surface area contributed by atoms with Gasteiger partial charge in [0.1, 0.15) is 5.82 Å². The molecule has 1 aliphatic rings. The minimum absolute atomic E-state index is 0.153. The van der Waals surface area contributed by atoms with Crippen LogP contribution in [0.2, 0.25) is 5.02 Å². The second kappa shape index (κ2) is 6.10. The van der Waals surface area contributed by atoms with Gasteiger partial charge in [-0.3, -0.25) is 4.79 Å². The maximum atomic E-state index is 13.2. The first-order valence-corrected chi connectivity index (χ1v) is 7.31. The van der Waals surface area contributed by atoms with E-state index in [0.29, 0.717) is 23.2 Å². The molecule has 20 heavy (non-hydrogen) atoms. The highest BCUT2D eigenvalue weighted by atomic mass is 35.5. The zero-order valence-corrected chi connectivity index (χ0v) is 12.3. The SMILES string of the molecule is CC1CCC(CN)(C(=O)Nc2cc(F)ccc2Cl)CC1. The second-order valence-corrected chi connectivity index (χ2v) is 6.15. The van der Waals surface area contributed by atoms with E-state index in [1.54, 1.807) is 0 Å². The molecule has 0 saturated heterocycles. The summed E-state index contributed by atoms with van der Waals surface area (Å²) in [6.07, 6.45) is 3.51. The lowest BCUT2D eigenvalue weighted by atomic mass is 9.70. The lowest BCUT2D eigenvalue weighted by Gasteiger charge is -2.37. The Kier molecular flexibility index (Phi) is 4.66. The van der Waals surface area contributed by atoms with Crippen molar-refractivity contribution >= 4 is 23.2 Å². The zero-order chi connectivity index (χ0) is 14.8. The standard InChI is InChI=1S/C15H20ClFN2O/c1-10-4-6-15(9-18,7-5-10)14(20)19-13-8-11(17)2-3-12(13)16/h2-3,8,10H,4-7,9,18H2,1H3,(H,19,20). The summed E-state index contributed by atoms with van der Waals surface area (Å²) in [6, 6.07) is 3.93. The maximum absolute atomic E-state index is 13.2. The quantitative estimate of drug-likeness (QED) is 0.896. The van der Waals surface area contributed by atoms with Crippen molar-refractivity contribution in [3.8, 4) is 0 Å². The molecule has 0 aliphatic heterocycles. The van der Waals surface area contributed by atoms with Crippen molar-refractivity contribution in [2.75, 3.05) is 11.9 Å². The summed E-state index contributed by atoms with van der Waals surface area (Å²) >= 11 is 5.98. The third-order valence-corrected chi connectivity index (χ3v) is 4.61. The van der Waals surface area contributed by atoms with E-state index in [1.807, 2.05) is 0 Å². The number of amides is 1. The van der Waals surface area contributed by atoms with Gasteiger partial charge in [-0.15, -0.1) is 0 Å². The van der Waals surface area contributed by atoms with Crippen LogP contribution in [0.5, 0.6) is 0 Å². The fraction of sp³-hybridized carbons (Fsp3) is 0.533. The highest BCUT2D eigenvalue weighted by molar-refractivity contribution is 6.33. The number of benzene rings is 1. The molecule has 0 radical (unpaired) electrons. The molecule has 1 aliphatic carbocycles. The Morgan fingerprint density at radius 1 is 1.50 bits per heavy atom. The Hall–Kier alpha value is -1.13.